The van der Waals surface area contributed by atoms with Gasteiger partial charge in [-0.2, -0.15) is 0 Å². The van der Waals surface area contributed by atoms with Gasteiger partial charge in [0.2, 0.25) is 0 Å². The molecular weight excluding hydrogens is 298 g/mol. The minimum Gasteiger partial charge on any atom is -0.496 e. The van der Waals surface area contributed by atoms with Gasteiger partial charge in [0.1, 0.15) is 5.75 Å². The van der Waals surface area contributed by atoms with Crippen LogP contribution in [0, 0.1) is 6.92 Å². The van der Waals surface area contributed by atoms with Crippen molar-refractivity contribution in [2.75, 3.05) is 7.11 Å². The molecule has 0 saturated carbocycles. The Morgan fingerprint density at radius 1 is 1.00 bits per heavy atom. The molecule has 0 atom stereocenters. The van der Waals surface area contributed by atoms with Crippen LogP contribution in [0.5, 0.6) is 5.75 Å². The molecule has 0 N–H and O–H groups in total. The summed E-state index contributed by atoms with van der Waals surface area (Å²) in [6.07, 6.45) is 2.63. The van der Waals surface area contributed by atoms with Gasteiger partial charge in [0.15, 0.2) is 0 Å². The lowest BCUT2D eigenvalue weighted by Gasteiger charge is -2.12. The highest BCUT2D eigenvalue weighted by atomic mass is 16.5. The number of aryl methyl sites for hydroxylation is 3. The predicted molar refractivity (Wildman–Crippen MR) is 97.6 cm³/mol. The van der Waals surface area contributed by atoms with Crippen LogP contribution < -0.4 is 10.3 Å². The number of methoxy groups -OCH3 is 1. The molecule has 3 aromatic rings. The fraction of sp³-hybridized carbons (Fsp3) is 0.190. The van der Waals surface area contributed by atoms with E-state index < -0.39 is 0 Å². The van der Waals surface area contributed by atoms with E-state index in [1.807, 2.05) is 18.3 Å². The van der Waals surface area contributed by atoms with E-state index in [0.29, 0.717) is 6.54 Å². The average Bonchev–Trinajstić information content (AvgIpc) is 2.61. The summed E-state index contributed by atoms with van der Waals surface area (Å²) in [5.41, 5.74) is 4.66. The summed E-state index contributed by atoms with van der Waals surface area (Å²) in [5.74, 6) is 0.862. The maximum absolute atomic E-state index is 11.8. The topological polar surface area (TPSA) is 31.2 Å². The molecule has 0 spiro atoms. The van der Waals surface area contributed by atoms with Crippen LogP contribution in [0.3, 0.4) is 0 Å². The molecule has 3 heteroatoms. The lowest BCUT2D eigenvalue weighted by atomic mass is 9.99. The van der Waals surface area contributed by atoms with E-state index in [1.54, 1.807) is 23.8 Å². The second kappa shape index (κ2) is 7.18. The van der Waals surface area contributed by atoms with Crippen molar-refractivity contribution in [3.05, 3.63) is 88.3 Å². The van der Waals surface area contributed by atoms with Gasteiger partial charge >= 0.3 is 0 Å². The minimum atomic E-state index is 0.0323. The number of aromatic nitrogens is 1. The number of benzene rings is 2. The van der Waals surface area contributed by atoms with E-state index >= 15 is 0 Å². The number of ether oxygens (including phenoxy) is 1. The van der Waals surface area contributed by atoms with Crippen molar-refractivity contribution >= 4 is 0 Å². The molecule has 0 unspecified atom stereocenters. The summed E-state index contributed by atoms with van der Waals surface area (Å²) >= 11 is 0. The Morgan fingerprint density at radius 3 is 2.62 bits per heavy atom. The molecule has 24 heavy (non-hydrogen) atoms. The van der Waals surface area contributed by atoms with E-state index in [-0.39, 0.29) is 5.56 Å². The predicted octanol–water partition coefficient (Wildman–Crippen LogP) is 4.08. The smallest absolute Gasteiger partial charge is 0.250 e. The molecule has 3 rings (SSSR count). The van der Waals surface area contributed by atoms with Crippen molar-refractivity contribution in [1.82, 2.24) is 4.57 Å². The zero-order valence-electron chi connectivity index (χ0n) is 14.0. The van der Waals surface area contributed by atoms with Crippen LogP contribution in [0.25, 0.3) is 11.1 Å². The lowest BCUT2D eigenvalue weighted by Crippen LogP contribution is -2.18. The minimum absolute atomic E-state index is 0.0323. The molecular formula is C21H21NO2. The van der Waals surface area contributed by atoms with Gasteiger partial charge < -0.3 is 9.30 Å². The van der Waals surface area contributed by atoms with Crippen molar-refractivity contribution in [3.8, 4) is 16.9 Å². The van der Waals surface area contributed by atoms with Gasteiger partial charge in [-0.05, 0) is 42.7 Å². The van der Waals surface area contributed by atoms with Gasteiger partial charge in [-0.1, -0.05) is 42.0 Å². The largest absolute Gasteiger partial charge is 0.496 e. The Kier molecular flexibility index (Phi) is 4.80. The monoisotopic (exact) mass is 319 g/mol. The summed E-state index contributed by atoms with van der Waals surface area (Å²) in [6.45, 7) is 2.75. The highest BCUT2D eigenvalue weighted by molar-refractivity contribution is 5.71. The van der Waals surface area contributed by atoms with Crippen LogP contribution in [-0.2, 0) is 13.0 Å². The molecule has 1 aromatic heterocycles. The van der Waals surface area contributed by atoms with Crippen molar-refractivity contribution < 1.29 is 4.74 Å². The van der Waals surface area contributed by atoms with Gasteiger partial charge in [0, 0.05) is 24.4 Å². The standard InChI is InChI=1S/C21H21NO2/c1-16-6-5-7-18(14-16)19-15-17(9-10-20(19)24-2)11-13-22-12-4-3-8-21(22)23/h3-10,12,14-15H,11,13H2,1-2H3. The lowest BCUT2D eigenvalue weighted by molar-refractivity contribution is 0.416. The van der Waals surface area contributed by atoms with E-state index in [2.05, 4.69) is 43.3 Å². The molecule has 1 heterocycles. The zero-order valence-corrected chi connectivity index (χ0v) is 14.0. The van der Waals surface area contributed by atoms with Gasteiger partial charge in [0.25, 0.3) is 5.56 Å². The van der Waals surface area contributed by atoms with Crippen LogP contribution >= 0.6 is 0 Å². The molecule has 3 nitrogen and oxygen atoms in total. The summed E-state index contributed by atoms with van der Waals surface area (Å²) < 4.78 is 7.25. The van der Waals surface area contributed by atoms with Crippen LogP contribution in [0.4, 0.5) is 0 Å². The Bertz CT molecular complexity index is 896. The van der Waals surface area contributed by atoms with Crippen LogP contribution in [0.2, 0.25) is 0 Å². The Balaban J connectivity index is 1.89. The maximum atomic E-state index is 11.8. The van der Waals surface area contributed by atoms with E-state index in [1.165, 1.54) is 11.1 Å². The normalized spacial score (nSPS) is 10.6. The Hall–Kier alpha value is -2.81. The number of nitrogens with zero attached hydrogens (tertiary/aromatic N) is 1. The van der Waals surface area contributed by atoms with E-state index in [0.717, 1.165) is 23.3 Å². The summed E-state index contributed by atoms with van der Waals surface area (Å²) in [6, 6.07) is 19.8. The molecule has 0 bridgehead atoms. The summed E-state index contributed by atoms with van der Waals surface area (Å²) in [7, 11) is 1.69. The molecule has 0 amide bonds. The fourth-order valence-corrected chi connectivity index (χ4v) is 2.84. The first-order chi connectivity index (χ1) is 11.7. The molecule has 0 radical (unpaired) electrons. The first-order valence-electron chi connectivity index (χ1n) is 8.07. The third-order valence-corrected chi connectivity index (χ3v) is 4.13. The molecule has 0 saturated heterocycles. The van der Waals surface area contributed by atoms with Gasteiger partial charge in [0.05, 0.1) is 7.11 Å². The molecule has 2 aromatic carbocycles. The highest BCUT2D eigenvalue weighted by Gasteiger charge is 2.08. The van der Waals surface area contributed by atoms with E-state index in [9.17, 15) is 4.79 Å². The molecule has 122 valence electrons. The number of hydrogen-bond donors (Lipinski definition) is 0. The summed E-state index contributed by atoms with van der Waals surface area (Å²) in [5, 5.41) is 0. The van der Waals surface area contributed by atoms with Crippen LogP contribution in [0.15, 0.2) is 71.7 Å². The van der Waals surface area contributed by atoms with Gasteiger partial charge in [-0.15, -0.1) is 0 Å². The number of rotatable bonds is 5. The third kappa shape index (κ3) is 3.57. The highest BCUT2D eigenvalue weighted by Crippen LogP contribution is 2.31. The zero-order chi connectivity index (χ0) is 16.9. The second-order valence-electron chi connectivity index (χ2n) is 5.89. The SMILES string of the molecule is COc1ccc(CCn2ccccc2=O)cc1-c1cccc(C)c1. The van der Waals surface area contributed by atoms with Crippen molar-refractivity contribution in [3.63, 3.8) is 0 Å². The molecule has 0 fully saturated rings. The molecule has 0 aliphatic carbocycles. The number of hydrogen-bond acceptors (Lipinski definition) is 2. The first-order valence-corrected chi connectivity index (χ1v) is 8.07. The van der Waals surface area contributed by atoms with Gasteiger partial charge in [-0.3, -0.25) is 4.79 Å². The fourth-order valence-electron chi connectivity index (χ4n) is 2.84. The number of pyridine rings is 1. The van der Waals surface area contributed by atoms with Crippen LogP contribution in [-0.4, -0.2) is 11.7 Å². The first kappa shape index (κ1) is 16.1. The summed E-state index contributed by atoms with van der Waals surface area (Å²) in [4.78, 5) is 11.8. The Morgan fingerprint density at radius 2 is 1.88 bits per heavy atom. The van der Waals surface area contributed by atoms with Crippen molar-refractivity contribution in [2.45, 2.75) is 19.9 Å². The van der Waals surface area contributed by atoms with Crippen molar-refractivity contribution in [1.29, 1.82) is 0 Å². The molecule has 0 aliphatic heterocycles. The van der Waals surface area contributed by atoms with Gasteiger partial charge in [-0.25, -0.2) is 0 Å². The Labute approximate surface area is 142 Å². The third-order valence-electron chi connectivity index (χ3n) is 4.13. The maximum Gasteiger partial charge on any atom is 0.250 e. The molecule has 0 aliphatic rings. The van der Waals surface area contributed by atoms with E-state index in [4.69, 9.17) is 4.74 Å². The van der Waals surface area contributed by atoms with Crippen LogP contribution in [0.1, 0.15) is 11.1 Å². The quantitative estimate of drug-likeness (QED) is 0.710. The second-order valence-corrected chi connectivity index (χ2v) is 5.89. The van der Waals surface area contributed by atoms with Crippen molar-refractivity contribution in [2.24, 2.45) is 0 Å². The average molecular weight is 319 g/mol.